The fourth-order valence-corrected chi connectivity index (χ4v) is 7.64. The van der Waals surface area contributed by atoms with E-state index in [4.69, 9.17) is 0 Å². The summed E-state index contributed by atoms with van der Waals surface area (Å²) < 4.78 is 0. The van der Waals surface area contributed by atoms with Crippen LogP contribution in [0.25, 0.3) is 0 Å². The Bertz CT molecular complexity index is 593. The van der Waals surface area contributed by atoms with Crippen molar-refractivity contribution in [3.8, 4) is 0 Å². The third-order valence-corrected chi connectivity index (χ3v) is 9.27. The van der Waals surface area contributed by atoms with E-state index in [0.717, 1.165) is 37.2 Å². The van der Waals surface area contributed by atoms with Crippen LogP contribution in [0.2, 0.25) is 0 Å². The Morgan fingerprint density at radius 3 is 2.54 bits per heavy atom. The zero-order chi connectivity index (χ0) is 17.3. The van der Waals surface area contributed by atoms with Crippen LogP contribution in [0.4, 0.5) is 0 Å². The molecule has 1 N–H and O–H groups in total. The molecule has 0 aromatic heterocycles. The van der Waals surface area contributed by atoms with Crippen LogP contribution >= 0.6 is 0 Å². The van der Waals surface area contributed by atoms with Crippen LogP contribution in [0.5, 0.6) is 0 Å². The topological polar surface area (TPSA) is 37.3 Å². The van der Waals surface area contributed by atoms with E-state index in [-0.39, 0.29) is 10.8 Å². The Hall–Kier alpha value is -0.630. The van der Waals surface area contributed by atoms with Gasteiger partial charge >= 0.3 is 0 Å². The molecule has 4 aliphatic carbocycles. The molecule has 0 heterocycles. The first kappa shape index (κ1) is 16.8. The number of allylic oxidation sites excluding steroid dienone is 2. The highest BCUT2D eigenvalue weighted by Gasteiger charge is 2.63. The third kappa shape index (κ3) is 1.95. The molecule has 0 aromatic carbocycles. The summed E-state index contributed by atoms with van der Waals surface area (Å²) in [7, 11) is 0. The summed E-state index contributed by atoms with van der Waals surface area (Å²) in [5.41, 5.74) is 0.860. The molecule has 0 aliphatic heterocycles. The first-order valence-electron chi connectivity index (χ1n) is 10.2. The fourth-order valence-electron chi connectivity index (χ4n) is 7.64. The molecule has 3 fully saturated rings. The molecule has 2 nitrogen and oxygen atoms in total. The molecule has 4 aliphatic rings. The maximum absolute atomic E-state index is 12.2. The zero-order valence-corrected chi connectivity index (χ0v) is 15.9. The van der Waals surface area contributed by atoms with E-state index >= 15 is 0 Å². The Morgan fingerprint density at radius 2 is 1.83 bits per heavy atom. The Labute approximate surface area is 147 Å². The average molecular weight is 331 g/mol. The van der Waals surface area contributed by atoms with Crippen molar-refractivity contribution < 1.29 is 9.90 Å². The van der Waals surface area contributed by atoms with Gasteiger partial charge in [-0.25, -0.2) is 0 Å². The molecule has 0 bridgehead atoms. The van der Waals surface area contributed by atoms with Crippen LogP contribution in [-0.2, 0) is 4.79 Å². The highest BCUT2D eigenvalue weighted by molar-refractivity contribution is 5.96. The predicted molar refractivity (Wildman–Crippen MR) is 96.5 cm³/mol. The van der Waals surface area contributed by atoms with Gasteiger partial charge in [-0.1, -0.05) is 26.8 Å². The van der Waals surface area contributed by atoms with Crippen molar-refractivity contribution in [1.29, 1.82) is 0 Å². The number of fused-ring (bicyclic) bond motifs is 5. The monoisotopic (exact) mass is 330 g/mol. The number of Topliss-reactive ketones (excluding diaryl/α,β-unsaturated/α-hetero) is 1. The van der Waals surface area contributed by atoms with Crippen LogP contribution in [-0.4, -0.2) is 16.5 Å². The number of aliphatic hydroxyl groups is 1. The molecule has 2 heteroatoms. The number of hydrogen-bond acceptors (Lipinski definition) is 2. The minimum absolute atomic E-state index is 0.107. The van der Waals surface area contributed by atoms with Crippen LogP contribution < -0.4 is 0 Å². The second kappa shape index (κ2) is 5.19. The molecule has 7 atom stereocenters. The third-order valence-electron chi connectivity index (χ3n) is 9.27. The van der Waals surface area contributed by atoms with Gasteiger partial charge in [0.1, 0.15) is 0 Å². The Morgan fingerprint density at radius 1 is 1.12 bits per heavy atom. The van der Waals surface area contributed by atoms with Gasteiger partial charge < -0.3 is 5.11 Å². The highest BCUT2D eigenvalue weighted by Crippen LogP contribution is 2.68. The molecule has 0 saturated heterocycles. The second-order valence-electron chi connectivity index (χ2n) is 9.85. The molecular weight excluding hydrogens is 296 g/mol. The summed E-state index contributed by atoms with van der Waals surface area (Å²) in [5, 5.41) is 11.3. The van der Waals surface area contributed by atoms with Gasteiger partial charge in [0.2, 0.25) is 0 Å². The molecule has 24 heavy (non-hydrogen) atoms. The lowest BCUT2D eigenvalue weighted by Gasteiger charge is -2.60. The van der Waals surface area contributed by atoms with Crippen LogP contribution in [0.1, 0.15) is 79.1 Å². The highest BCUT2D eigenvalue weighted by atomic mass is 16.3. The molecule has 0 radical (unpaired) electrons. The summed E-state index contributed by atoms with van der Waals surface area (Å²) in [6.45, 7) is 9.00. The van der Waals surface area contributed by atoms with E-state index in [1.165, 1.54) is 25.7 Å². The predicted octanol–water partition coefficient (Wildman–Crippen LogP) is 4.91. The summed E-state index contributed by atoms with van der Waals surface area (Å²) in [4.78, 5) is 12.2. The van der Waals surface area contributed by atoms with Crippen LogP contribution in [0.15, 0.2) is 11.6 Å². The SMILES string of the molecule is CC[C@]1(O)CC[C@H]2[C@@H]3CC[C@H]4CC(=O)C(C)=C[C@]4(C)[C@H]3CC[C@@]21C. The van der Waals surface area contributed by atoms with Gasteiger partial charge in [0, 0.05) is 6.42 Å². The van der Waals surface area contributed by atoms with E-state index in [0.29, 0.717) is 23.5 Å². The van der Waals surface area contributed by atoms with Crippen LogP contribution in [0.3, 0.4) is 0 Å². The number of rotatable bonds is 1. The van der Waals surface area contributed by atoms with E-state index in [9.17, 15) is 9.90 Å². The quantitative estimate of drug-likeness (QED) is 0.742. The van der Waals surface area contributed by atoms with Gasteiger partial charge in [-0.2, -0.15) is 0 Å². The molecule has 134 valence electrons. The fraction of sp³-hybridized carbons (Fsp3) is 0.864. The zero-order valence-electron chi connectivity index (χ0n) is 15.9. The van der Waals surface area contributed by atoms with Crippen molar-refractivity contribution in [3.05, 3.63) is 11.6 Å². The number of carbonyl (C=O) groups excluding carboxylic acids is 1. The summed E-state index contributed by atoms with van der Waals surface area (Å²) in [6.07, 6.45) is 11.1. The van der Waals surface area contributed by atoms with E-state index in [1.807, 2.05) is 6.92 Å². The number of hydrogen-bond donors (Lipinski definition) is 1. The van der Waals surface area contributed by atoms with Crippen LogP contribution in [0, 0.1) is 34.5 Å². The molecule has 3 saturated carbocycles. The molecule has 0 spiro atoms. The van der Waals surface area contributed by atoms with E-state index < -0.39 is 5.60 Å². The summed E-state index contributed by atoms with van der Waals surface area (Å²) >= 11 is 0. The molecule has 0 unspecified atom stereocenters. The smallest absolute Gasteiger partial charge is 0.158 e. The number of ketones is 1. The normalized spacial score (nSPS) is 53.9. The Kier molecular flexibility index (Phi) is 3.64. The van der Waals surface area contributed by atoms with Crippen molar-refractivity contribution in [2.24, 2.45) is 34.5 Å². The maximum atomic E-state index is 12.2. The second-order valence-corrected chi connectivity index (χ2v) is 9.85. The van der Waals surface area contributed by atoms with Crippen molar-refractivity contribution in [2.75, 3.05) is 0 Å². The van der Waals surface area contributed by atoms with Crippen molar-refractivity contribution >= 4 is 5.78 Å². The van der Waals surface area contributed by atoms with Crippen molar-refractivity contribution in [3.63, 3.8) is 0 Å². The Balaban J connectivity index is 1.70. The van der Waals surface area contributed by atoms with Gasteiger partial charge in [0.15, 0.2) is 5.78 Å². The standard InChI is InChI=1S/C22H34O2/c1-5-22(24)11-9-18-16-7-6-15-12-19(23)14(2)13-20(15,3)17(16)8-10-21(18,22)4/h13,15-18,24H,5-12H2,1-4H3/t15-,16+,17-,18-,20-,21-,22-/m0/s1. The van der Waals surface area contributed by atoms with Crippen molar-refractivity contribution in [2.45, 2.75) is 84.7 Å². The first-order chi connectivity index (χ1) is 11.2. The minimum atomic E-state index is -0.450. The minimum Gasteiger partial charge on any atom is -0.389 e. The molecule has 0 aromatic rings. The van der Waals surface area contributed by atoms with Gasteiger partial charge in [-0.15, -0.1) is 0 Å². The van der Waals surface area contributed by atoms with Gasteiger partial charge in [-0.3, -0.25) is 4.79 Å². The lowest BCUT2D eigenvalue weighted by molar-refractivity contribution is -0.142. The lowest BCUT2D eigenvalue weighted by atomic mass is 9.45. The van der Waals surface area contributed by atoms with Crippen molar-refractivity contribution in [1.82, 2.24) is 0 Å². The van der Waals surface area contributed by atoms with Gasteiger partial charge in [0.25, 0.3) is 0 Å². The largest absolute Gasteiger partial charge is 0.389 e. The van der Waals surface area contributed by atoms with Gasteiger partial charge in [-0.05, 0) is 91.9 Å². The van der Waals surface area contributed by atoms with Gasteiger partial charge in [0.05, 0.1) is 5.60 Å². The summed E-state index contributed by atoms with van der Waals surface area (Å²) in [6, 6.07) is 0. The summed E-state index contributed by atoms with van der Waals surface area (Å²) in [5.74, 6) is 3.04. The maximum Gasteiger partial charge on any atom is 0.158 e. The molecule has 0 amide bonds. The average Bonchev–Trinajstić information content (AvgIpc) is 2.81. The first-order valence-corrected chi connectivity index (χ1v) is 10.2. The van der Waals surface area contributed by atoms with E-state index in [1.54, 1.807) is 0 Å². The lowest BCUT2D eigenvalue weighted by Crippen LogP contribution is -2.55. The molecule has 4 rings (SSSR count). The molecular formula is C22H34O2. The van der Waals surface area contributed by atoms with E-state index in [2.05, 4.69) is 26.8 Å². The number of carbonyl (C=O) groups is 1.